The number of allylic oxidation sites excluding steroid dienone is 1. The largest absolute Gasteiger partial charge is 0.394 e. The molecule has 9 N–H and O–H groups in total. The molecule has 0 amide bonds. The molecule has 5 heterocycles. The molecule has 9 rings (SSSR count). The Kier molecular flexibility index (Phi) is 12.4. The number of aliphatic hydroxyl groups excluding tert-OH is 9. The molecule has 0 radical (unpaired) electrons. The molecule has 17 heteroatoms. The van der Waals surface area contributed by atoms with Crippen LogP contribution in [-0.4, -0.2) is 176 Å². The standard InChI is InChI=1S/C44H70O17/c1-18-8-11-44(55-16-18)19(2)30-27(61-44)14-25-23-7-6-21-12-22(46)13-29(43(21,5)24(23)9-10-42(25,30)4)58-41-38(60-40-36(53)34(51)33(50)28(15-45)57-40)37(31(48)20(3)56-41)59-39-35(52)32(49)26(47)17-54-39/h6,18-20,22-41,45-53H,7-17H2,1-5H3/t18-,19-,20-,22-,23-,24+,25+,26-,27+,28-,29-,30-,31-,32-,33-,34-,35-,36-,37-,38-,39-,40-,41-,42+,43+,44-/m1/s1. The summed E-state index contributed by atoms with van der Waals surface area (Å²) in [4.78, 5) is 0. The van der Waals surface area contributed by atoms with E-state index < -0.39 is 116 Å². The lowest BCUT2D eigenvalue weighted by atomic mass is 9.46. The molecule has 3 saturated carbocycles. The fourth-order valence-corrected chi connectivity index (χ4v) is 13.8. The van der Waals surface area contributed by atoms with Crippen molar-refractivity contribution in [2.24, 2.45) is 46.3 Å². The first kappa shape index (κ1) is 45.2. The van der Waals surface area contributed by atoms with Crippen molar-refractivity contribution in [1.29, 1.82) is 0 Å². The summed E-state index contributed by atoms with van der Waals surface area (Å²) in [7, 11) is 0. The van der Waals surface area contributed by atoms with Crippen molar-refractivity contribution in [2.75, 3.05) is 19.8 Å². The van der Waals surface area contributed by atoms with Gasteiger partial charge in [-0.05, 0) is 80.5 Å². The summed E-state index contributed by atoms with van der Waals surface area (Å²) in [6, 6.07) is 0. The molecule has 17 nitrogen and oxygen atoms in total. The van der Waals surface area contributed by atoms with Gasteiger partial charge in [0, 0.05) is 24.2 Å². The minimum atomic E-state index is -1.83. The predicted octanol–water partition coefficient (Wildman–Crippen LogP) is -0.176. The Labute approximate surface area is 357 Å². The van der Waals surface area contributed by atoms with Crippen molar-refractivity contribution in [3.8, 4) is 0 Å². The smallest absolute Gasteiger partial charge is 0.187 e. The van der Waals surface area contributed by atoms with Gasteiger partial charge in [0.15, 0.2) is 24.7 Å². The van der Waals surface area contributed by atoms with Crippen LogP contribution in [0.1, 0.15) is 86.0 Å². The van der Waals surface area contributed by atoms with Gasteiger partial charge in [-0.3, -0.25) is 0 Å². The van der Waals surface area contributed by atoms with E-state index in [9.17, 15) is 46.0 Å². The first-order valence-electron chi connectivity index (χ1n) is 22.9. The maximum Gasteiger partial charge on any atom is 0.187 e. The van der Waals surface area contributed by atoms with E-state index in [2.05, 4.69) is 33.8 Å². The van der Waals surface area contributed by atoms with Crippen LogP contribution in [0.2, 0.25) is 0 Å². The van der Waals surface area contributed by atoms with Crippen molar-refractivity contribution < 1.29 is 83.9 Å². The molecule has 4 aliphatic carbocycles. The van der Waals surface area contributed by atoms with Gasteiger partial charge < -0.3 is 83.9 Å². The molecule has 9 aliphatic rings. The molecule has 348 valence electrons. The van der Waals surface area contributed by atoms with Gasteiger partial charge in [-0.15, -0.1) is 0 Å². The molecule has 26 atom stereocenters. The molecule has 1 spiro atoms. The highest BCUT2D eigenvalue weighted by molar-refractivity contribution is 5.29. The molecule has 0 bridgehead atoms. The highest BCUT2D eigenvalue weighted by Gasteiger charge is 2.70. The van der Waals surface area contributed by atoms with Crippen LogP contribution in [0.4, 0.5) is 0 Å². The molecule has 0 aromatic rings. The molecule has 5 saturated heterocycles. The van der Waals surface area contributed by atoms with Crippen LogP contribution in [0.25, 0.3) is 0 Å². The Morgan fingerprint density at radius 1 is 0.738 bits per heavy atom. The molecule has 8 fully saturated rings. The molecule has 0 aromatic heterocycles. The SMILES string of the molecule is C[C@@H]1CC[C@@]2(OC1)O[C@H]1C[C@H]3[C@@H]4CC=C5C[C@@H](O)C[C@@H](O[C@H]6O[C@H](C)[C@@H](O)[C@@H](O[C@H]7OC[C@@H](O)[C@@H](O)[C@H]7O)[C@H]6O[C@H]6O[C@H](CO)[C@@H](O)[C@@H](O)[C@H]6O)[C@]5(C)[C@H]4CC[C@]3(C)[C@@H]1[C@H]2C. The number of hydrogen-bond acceptors (Lipinski definition) is 17. The van der Waals surface area contributed by atoms with Gasteiger partial charge >= 0.3 is 0 Å². The molecule has 5 aliphatic heterocycles. The third-order valence-electron chi connectivity index (χ3n) is 17.4. The maximum absolute atomic E-state index is 11.6. The predicted molar refractivity (Wildman–Crippen MR) is 210 cm³/mol. The van der Waals surface area contributed by atoms with Crippen molar-refractivity contribution in [2.45, 2.75) is 196 Å². The second kappa shape index (κ2) is 16.7. The van der Waals surface area contributed by atoms with E-state index in [1.165, 1.54) is 0 Å². The van der Waals surface area contributed by atoms with Gasteiger partial charge in [0.25, 0.3) is 0 Å². The fourth-order valence-electron chi connectivity index (χ4n) is 13.8. The van der Waals surface area contributed by atoms with E-state index in [1.54, 1.807) is 6.92 Å². The van der Waals surface area contributed by atoms with Crippen molar-refractivity contribution in [3.05, 3.63) is 11.6 Å². The van der Waals surface area contributed by atoms with Gasteiger partial charge in [-0.25, -0.2) is 0 Å². The van der Waals surface area contributed by atoms with Crippen molar-refractivity contribution in [3.63, 3.8) is 0 Å². The van der Waals surface area contributed by atoms with Gasteiger partial charge in [-0.1, -0.05) is 39.3 Å². The Morgan fingerprint density at radius 2 is 1.48 bits per heavy atom. The van der Waals surface area contributed by atoms with E-state index in [0.29, 0.717) is 30.1 Å². The van der Waals surface area contributed by atoms with Crippen LogP contribution in [0, 0.1) is 46.3 Å². The summed E-state index contributed by atoms with van der Waals surface area (Å²) in [5, 5.41) is 96.9. The summed E-state index contributed by atoms with van der Waals surface area (Å²) in [5.41, 5.74) is 0.602. The maximum atomic E-state index is 11.6. The number of ether oxygens (including phenoxy) is 8. The average molecular weight is 871 g/mol. The lowest BCUT2D eigenvalue weighted by molar-refractivity contribution is -0.392. The van der Waals surface area contributed by atoms with Crippen LogP contribution in [0.15, 0.2) is 11.6 Å². The molecule has 0 unspecified atom stereocenters. The Bertz CT molecular complexity index is 1590. The zero-order chi connectivity index (χ0) is 43.5. The molecule has 0 aromatic carbocycles. The highest BCUT2D eigenvalue weighted by atomic mass is 16.8. The fraction of sp³-hybridized carbons (Fsp3) is 0.955. The van der Waals surface area contributed by atoms with Crippen LogP contribution in [-0.2, 0) is 37.9 Å². The number of aliphatic hydroxyl groups is 9. The normalized spacial score (nSPS) is 58.4. The number of hydrogen-bond donors (Lipinski definition) is 9. The van der Waals surface area contributed by atoms with E-state index in [1.807, 2.05) is 0 Å². The second-order valence-electron chi connectivity index (χ2n) is 20.7. The Hall–Kier alpha value is -0.940. The minimum Gasteiger partial charge on any atom is -0.394 e. The summed E-state index contributed by atoms with van der Waals surface area (Å²) in [6.45, 7) is 10.5. The second-order valence-corrected chi connectivity index (χ2v) is 20.7. The minimum absolute atomic E-state index is 0.0513. The summed E-state index contributed by atoms with van der Waals surface area (Å²) in [5.74, 6) is 1.55. The average Bonchev–Trinajstić information content (AvgIpc) is 3.68. The molecular weight excluding hydrogens is 800 g/mol. The quantitative estimate of drug-likeness (QED) is 0.151. The summed E-state index contributed by atoms with van der Waals surface area (Å²) in [6.07, 6.45) is -13.7. The first-order valence-corrected chi connectivity index (χ1v) is 22.9. The third-order valence-corrected chi connectivity index (χ3v) is 17.4. The van der Waals surface area contributed by atoms with E-state index in [4.69, 9.17) is 37.9 Å². The first-order chi connectivity index (χ1) is 28.9. The summed E-state index contributed by atoms with van der Waals surface area (Å²) < 4.78 is 50.8. The molecular formula is C44H70O17. The zero-order valence-electron chi connectivity index (χ0n) is 35.9. The van der Waals surface area contributed by atoms with Gasteiger partial charge in [0.05, 0.1) is 44.2 Å². The lowest BCUT2D eigenvalue weighted by Gasteiger charge is -2.60. The van der Waals surface area contributed by atoms with E-state index >= 15 is 0 Å². The van der Waals surface area contributed by atoms with Crippen LogP contribution in [0.5, 0.6) is 0 Å². The zero-order valence-corrected chi connectivity index (χ0v) is 35.9. The Balaban J connectivity index is 1.01. The van der Waals surface area contributed by atoms with Gasteiger partial charge in [-0.2, -0.15) is 0 Å². The lowest BCUT2D eigenvalue weighted by Crippen LogP contribution is -2.67. The monoisotopic (exact) mass is 870 g/mol. The van der Waals surface area contributed by atoms with Crippen LogP contribution >= 0.6 is 0 Å². The molecule has 61 heavy (non-hydrogen) atoms. The van der Waals surface area contributed by atoms with Crippen molar-refractivity contribution in [1.82, 2.24) is 0 Å². The Morgan fingerprint density at radius 3 is 2.20 bits per heavy atom. The van der Waals surface area contributed by atoms with Gasteiger partial charge in [0.2, 0.25) is 0 Å². The number of rotatable bonds is 7. The third kappa shape index (κ3) is 7.32. The van der Waals surface area contributed by atoms with Crippen LogP contribution in [0.3, 0.4) is 0 Å². The summed E-state index contributed by atoms with van der Waals surface area (Å²) >= 11 is 0. The van der Waals surface area contributed by atoms with Crippen LogP contribution < -0.4 is 0 Å². The van der Waals surface area contributed by atoms with E-state index in [0.717, 1.165) is 50.7 Å². The topological polar surface area (TPSA) is 256 Å². The van der Waals surface area contributed by atoms with E-state index in [-0.39, 0.29) is 36.4 Å². The van der Waals surface area contributed by atoms with Gasteiger partial charge in [0.1, 0.15) is 61.0 Å². The number of fused-ring (bicyclic) bond motifs is 7. The highest BCUT2D eigenvalue weighted by Crippen LogP contribution is 2.71. The van der Waals surface area contributed by atoms with Crippen molar-refractivity contribution >= 4 is 0 Å².